The van der Waals surface area contributed by atoms with E-state index < -0.39 is 6.10 Å². The first-order chi connectivity index (χ1) is 13.5. The molecule has 2 amide bonds. The first kappa shape index (κ1) is 20.3. The number of benzene rings is 1. The highest BCUT2D eigenvalue weighted by Crippen LogP contribution is 2.26. The maximum atomic E-state index is 12.5. The Morgan fingerprint density at radius 3 is 2.86 bits per heavy atom. The van der Waals surface area contributed by atoms with Gasteiger partial charge in [0.15, 0.2) is 0 Å². The molecule has 1 aromatic heterocycles. The number of thiazole rings is 1. The normalized spacial score (nSPS) is 17.4. The van der Waals surface area contributed by atoms with Gasteiger partial charge in [-0.15, -0.1) is 11.3 Å². The van der Waals surface area contributed by atoms with E-state index in [4.69, 9.17) is 9.47 Å². The minimum Gasteiger partial charge on any atom is -0.497 e. The van der Waals surface area contributed by atoms with Crippen LogP contribution in [0.25, 0.3) is 0 Å². The van der Waals surface area contributed by atoms with Crippen molar-refractivity contribution in [2.24, 2.45) is 5.92 Å². The summed E-state index contributed by atoms with van der Waals surface area (Å²) in [5.74, 6) is 0.372. The Balaban J connectivity index is 1.69. The van der Waals surface area contributed by atoms with Crippen LogP contribution in [0.15, 0.2) is 29.6 Å². The molecule has 1 aromatic carbocycles. The molecule has 0 radical (unpaired) electrons. The predicted molar refractivity (Wildman–Crippen MR) is 108 cm³/mol. The largest absolute Gasteiger partial charge is 0.497 e. The number of rotatable bonds is 7. The highest BCUT2D eigenvalue weighted by atomic mass is 32.1. The van der Waals surface area contributed by atoms with Crippen LogP contribution in [-0.2, 0) is 9.53 Å². The van der Waals surface area contributed by atoms with Crippen LogP contribution in [-0.4, -0.2) is 36.6 Å². The van der Waals surface area contributed by atoms with Crippen LogP contribution in [0.5, 0.6) is 5.75 Å². The zero-order chi connectivity index (χ0) is 20.1. The first-order valence-electron chi connectivity index (χ1n) is 9.30. The van der Waals surface area contributed by atoms with E-state index in [-0.39, 0.29) is 23.8 Å². The maximum Gasteiger partial charge on any atom is 0.275 e. The van der Waals surface area contributed by atoms with E-state index in [1.54, 1.807) is 36.8 Å². The van der Waals surface area contributed by atoms with Crippen LogP contribution in [0.4, 0.5) is 5.69 Å². The van der Waals surface area contributed by atoms with Crippen LogP contribution >= 0.6 is 11.3 Å². The van der Waals surface area contributed by atoms with Gasteiger partial charge in [0.1, 0.15) is 22.6 Å². The second-order valence-corrected chi connectivity index (χ2v) is 7.88. The van der Waals surface area contributed by atoms with Gasteiger partial charge in [-0.05, 0) is 30.9 Å². The molecule has 2 heterocycles. The molecular weight excluding hydrogens is 378 g/mol. The van der Waals surface area contributed by atoms with Crippen LogP contribution in [0.1, 0.15) is 48.2 Å². The topological polar surface area (TPSA) is 89.6 Å². The minimum absolute atomic E-state index is 0.117. The molecule has 8 heteroatoms. The van der Waals surface area contributed by atoms with E-state index in [9.17, 15) is 9.59 Å². The van der Waals surface area contributed by atoms with Crippen molar-refractivity contribution < 1.29 is 19.1 Å². The summed E-state index contributed by atoms with van der Waals surface area (Å²) >= 11 is 1.36. The van der Waals surface area contributed by atoms with E-state index in [1.807, 2.05) is 13.8 Å². The van der Waals surface area contributed by atoms with Crippen molar-refractivity contribution in [2.45, 2.75) is 38.8 Å². The quantitative estimate of drug-likeness (QED) is 0.740. The van der Waals surface area contributed by atoms with E-state index in [2.05, 4.69) is 15.6 Å². The predicted octanol–water partition coefficient (Wildman–Crippen LogP) is 3.40. The third-order valence-corrected chi connectivity index (χ3v) is 5.46. The lowest BCUT2D eigenvalue weighted by molar-refractivity contribution is -0.131. The van der Waals surface area contributed by atoms with Gasteiger partial charge in [0, 0.05) is 23.7 Å². The highest BCUT2D eigenvalue weighted by Gasteiger charge is 2.29. The van der Waals surface area contributed by atoms with Gasteiger partial charge in [0.05, 0.1) is 13.2 Å². The van der Waals surface area contributed by atoms with Crippen molar-refractivity contribution in [1.82, 2.24) is 10.3 Å². The lowest BCUT2D eigenvalue weighted by Crippen LogP contribution is -2.38. The van der Waals surface area contributed by atoms with E-state index in [1.165, 1.54) is 11.3 Å². The standard InChI is InChI=1S/C20H25N3O4S/c1-12(2)17(23-19(25)16-8-5-9-27-16)20-22-15(11-28-20)18(24)21-13-6-4-7-14(10-13)26-3/h4,6-7,10-12,16-17H,5,8-9H2,1-3H3,(H,21,24)(H,23,25)/t16-,17-/m1/s1. The molecule has 0 saturated carbocycles. The van der Waals surface area contributed by atoms with E-state index in [0.717, 1.165) is 12.8 Å². The first-order valence-corrected chi connectivity index (χ1v) is 10.2. The lowest BCUT2D eigenvalue weighted by atomic mass is 10.0. The second kappa shape index (κ2) is 9.16. The molecule has 7 nitrogen and oxygen atoms in total. The summed E-state index contributed by atoms with van der Waals surface area (Å²) in [5, 5.41) is 8.26. The average molecular weight is 404 g/mol. The number of amides is 2. The number of carbonyl (C=O) groups is 2. The lowest BCUT2D eigenvalue weighted by Gasteiger charge is -2.22. The third-order valence-electron chi connectivity index (χ3n) is 4.53. The van der Waals surface area contributed by atoms with Crippen molar-refractivity contribution in [2.75, 3.05) is 19.0 Å². The Labute approximate surface area is 168 Å². The van der Waals surface area contributed by atoms with Gasteiger partial charge in [-0.1, -0.05) is 19.9 Å². The Hall–Kier alpha value is -2.45. The van der Waals surface area contributed by atoms with Crippen LogP contribution in [0.2, 0.25) is 0 Å². The summed E-state index contributed by atoms with van der Waals surface area (Å²) in [4.78, 5) is 29.4. The Morgan fingerprint density at radius 1 is 1.36 bits per heavy atom. The molecular formula is C20H25N3O4S. The zero-order valence-electron chi connectivity index (χ0n) is 16.2. The van der Waals surface area contributed by atoms with E-state index >= 15 is 0 Å². The molecule has 0 spiro atoms. The summed E-state index contributed by atoms with van der Waals surface area (Å²) < 4.78 is 10.6. The van der Waals surface area contributed by atoms with Crippen LogP contribution < -0.4 is 15.4 Å². The fourth-order valence-corrected chi connectivity index (χ4v) is 4.00. The minimum atomic E-state index is -0.392. The Kier molecular flexibility index (Phi) is 6.64. The molecule has 28 heavy (non-hydrogen) atoms. The summed E-state index contributed by atoms with van der Waals surface area (Å²) in [6.07, 6.45) is 1.25. The van der Waals surface area contributed by atoms with Gasteiger partial charge >= 0.3 is 0 Å². The molecule has 1 aliphatic heterocycles. The molecule has 0 unspecified atom stereocenters. The van der Waals surface area contributed by atoms with Gasteiger partial charge in [-0.3, -0.25) is 9.59 Å². The number of nitrogens with zero attached hydrogens (tertiary/aromatic N) is 1. The molecule has 2 atom stereocenters. The molecule has 2 aromatic rings. The number of ether oxygens (including phenoxy) is 2. The van der Waals surface area contributed by atoms with Crippen molar-refractivity contribution >= 4 is 28.8 Å². The third kappa shape index (κ3) is 4.88. The fourth-order valence-electron chi connectivity index (χ4n) is 2.97. The highest BCUT2D eigenvalue weighted by molar-refractivity contribution is 7.10. The molecule has 1 fully saturated rings. The van der Waals surface area contributed by atoms with Gasteiger partial charge < -0.3 is 20.1 Å². The van der Waals surface area contributed by atoms with Gasteiger partial charge in [-0.2, -0.15) is 0 Å². The number of hydrogen-bond acceptors (Lipinski definition) is 6. The van der Waals surface area contributed by atoms with Crippen molar-refractivity contribution in [1.29, 1.82) is 0 Å². The molecule has 1 aliphatic rings. The van der Waals surface area contributed by atoms with Crippen LogP contribution in [0, 0.1) is 5.92 Å². The van der Waals surface area contributed by atoms with Gasteiger partial charge in [-0.25, -0.2) is 4.98 Å². The van der Waals surface area contributed by atoms with Gasteiger partial charge in [0.25, 0.3) is 5.91 Å². The fraction of sp³-hybridized carbons (Fsp3) is 0.450. The molecule has 2 N–H and O–H groups in total. The Bertz CT molecular complexity index is 830. The number of hydrogen-bond donors (Lipinski definition) is 2. The SMILES string of the molecule is COc1cccc(NC(=O)c2csc([C@H](NC(=O)[C@H]3CCCO3)C(C)C)n2)c1. The number of carbonyl (C=O) groups excluding carboxylic acids is 2. The van der Waals surface area contributed by atoms with Crippen LogP contribution in [0.3, 0.4) is 0 Å². The number of aromatic nitrogens is 1. The molecule has 0 bridgehead atoms. The van der Waals surface area contributed by atoms with Gasteiger partial charge in [0.2, 0.25) is 5.91 Å². The molecule has 1 saturated heterocycles. The number of nitrogens with one attached hydrogen (secondary N) is 2. The monoisotopic (exact) mass is 403 g/mol. The number of anilines is 1. The average Bonchev–Trinajstić information content (AvgIpc) is 3.38. The van der Waals surface area contributed by atoms with Crippen molar-refractivity contribution in [3.05, 3.63) is 40.3 Å². The summed E-state index contributed by atoms with van der Waals surface area (Å²) in [6.45, 7) is 4.64. The van der Waals surface area contributed by atoms with E-state index in [0.29, 0.717) is 28.7 Å². The number of methoxy groups -OCH3 is 1. The molecule has 0 aliphatic carbocycles. The Morgan fingerprint density at radius 2 is 2.18 bits per heavy atom. The van der Waals surface area contributed by atoms with Crippen molar-refractivity contribution in [3.63, 3.8) is 0 Å². The smallest absolute Gasteiger partial charge is 0.275 e. The summed E-state index contributed by atoms with van der Waals surface area (Å²) in [7, 11) is 1.57. The summed E-state index contributed by atoms with van der Waals surface area (Å²) in [5.41, 5.74) is 0.950. The second-order valence-electron chi connectivity index (χ2n) is 6.99. The van der Waals surface area contributed by atoms with Crippen molar-refractivity contribution in [3.8, 4) is 5.75 Å². The summed E-state index contributed by atoms with van der Waals surface area (Å²) in [6, 6.07) is 6.87. The molecule has 150 valence electrons. The zero-order valence-corrected chi connectivity index (χ0v) is 17.0. The molecule has 3 rings (SSSR count). The maximum absolute atomic E-state index is 12.5.